The average molecular weight is 551 g/mol. The van der Waals surface area contributed by atoms with Crippen LogP contribution in [0, 0.1) is 0 Å². The van der Waals surface area contributed by atoms with Crippen molar-refractivity contribution in [1.29, 1.82) is 0 Å². The summed E-state index contributed by atoms with van der Waals surface area (Å²) in [5, 5.41) is 24.6. The summed E-state index contributed by atoms with van der Waals surface area (Å²) in [4.78, 5) is 32.9. The lowest BCUT2D eigenvalue weighted by atomic mass is 10.1. The van der Waals surface area contributed by atoms with Crippen molar-refractivity contribution < 1.29 is 14.7 Å². The number of aromatic carboxylic acids is 1. The van der Waals surface area contributed by atoms with E-state index in [-0.39, 0.29) is 27.9 Å². The second kappa shape index (κ2) is 11.6. The lowest BCUT2D eigenvalue weighted by Gasteiger charge is -2.08. The molecule has 4 N–H and O–H groups in total. The topological polar surface area (TPSA) is 161 Å². The Bertz CT molecular complexity index is 1580. The van der Waals surface area contributed by atoms with Gasteiger partial charge in [0.15, 0.2) is 0 Å². The van der Waals surface area contributed by atoms with Gasteiger partial charge in [-0.3, -0.25) is 9.79 Å². The van der Waals surface area contributed by atoms with Gasteiger partial charge in [-0.15, -0.1) is 5.10 Å². The summed E-state index contributed by atoms with van der Waals surface area (Å²) in [5.74, 6) is 4.17. The van der Waals surface area contributed by atoms with E-state index in [2.05, 4.69) is 30.7 Å². The van der Waals surface area contributed by atoms with Gasteiger partial charge in [-0.05, 0) is 55.5 Å². The predicted octanol–water partition coefficient (Wildman–Crippen LogP) is 4.15. The van der Waals surface area contributed by atoms with Gasteiger partial charge in [0.05, 0.1) is 45.8 Å². The van der Waals surface area contributed by atoms with Crippen LogP contribution in [0.3, 0.4) is 0 Å². The molecular formula is C25H20Cl2N8O3. The number of hydrogen-bond donors (Lipinski definition) is 3. The summed E-state index contributed by atoms with van der Waals surface area (Å²) < 4.78 is 1.41. The molecule has 11 nitrogen and oxygen atoms in total. The highest BCUT2D eigenvalue weighted by Gasteiger charge is 2.17. The summed E-state index contributed by atoms with van der Waals surface area (Å²) in [7, 11) is 0. The molecule has 2 aromatic carbocycles. The average Bonchev–Trinajstić information content (AvgIpc) is 3.39. The van der Waals surface area contributed by atoms with E-state index in [0.717, 1.165) is 0 Å². The van der Waals surface area contributed by atoms with Gasteiger partial charge in [-0.2, -0.15) is 5.10 Å². The molecule has 0 saturated heterocycles. The molecule has 0 aliphatic rings. The maximum Gasteiger partial charge on any atom is 0.337 e. The molecule has 2 heterocycles. The molecule has 0 saturated carbocycles. The van der Waals surface area contributed by atoms with Crippen LogP contribution in [0.5, 0.6) is 0 Å². The fourth-order valence-electron chi connectivity index (χ4n) is 3.37. The van der Waals surface area contributed by atoms with Crippen molar-refractivity contribution in [3.8, 4) is 17.1 Å². The van der Waals surface area contributed by atoms with Crippen molar-refractivity contribution in [2.75, 3.05) is 6.54 Å². The second-order valence-corrected chi connectivity index (χ2v) is 8.60. The van der Waals surface area contributed by atoms with E-state index in [4.69, 9.17) is 29.0 Å². The standard InChI is InChI=1S/C25H20Cl2N8O3/c1-2-29-24(36)14-8-20(22(32-28)12-30-16-5-3-4-15(26)10-16)31-21(9-14)23-13-35(34-33-23)17-6-7-18(25(37)38)19(27)11-17/h3-13H,2,28H2,1H3,(H,29,36)(H,37,38). The Kier molecular flexibility index (Phi) is 8.09. The maximum atomic E-state index is 12.7. The molecule has 0 atom stereocenters. The van der Waals surface area contributed by atoms with Crippen LogP contribution in [-0.2, 0) is 0 Å². The second-order valence-electron chi connectivity index (χ2n) is 7.76. The normalized spacial score (nSPS) is 11.6. The Morgan fingerprint density at radius 1 is 1.13 bits per heavy atom. The van der Waals surface area contributed by atoms with Gasteiger partial charge in [-0.25, -0.2) is 14.5 Å². The minimum Gasteiger partial charge on any atom is -0.478 e. The highest BCUT2D eigenvalue weighted by Crippen LogP contribution is 2.23. The summed E-state index contributed by atoms with van der Waals surface area (Å²) in [6.07, 6.45) is 2.99. The highest BCUT2D eigenvalue weighted by molar-refractivity contribution is 6.38. The van der Waals surface area contributed by atoms with Gasteiger partial charge in [0, 0.05) is 17.1 Å². The highest BCUT2D eigenvalue weighted by atomic mass is 35.5. The van der Waals surface area contributed by atoms with Gasteiger partial charge >= 0.3 is 5.97 Å². The van der Waals surface area contributed by atoms with Crippen LogP contribution in [0.1, 0.15) is 33.3 Å². The number of carboxylic acids is 1. The van der Waals surface area contributed by atoms with Crippen molar-refractivity contribution in [2.24, 2.45) is 15.9 Å². The monoisotopic (exact) mass is 550 g/mol. The minimum atomic E-state index is -1.14. The summed E-state index contributed by atoms with van der Waals surface area (Å²) in [5.41, 5.74) is 2.46. The zero-order valence-corrected chi connectivity index (χ0v) is 21.4. The molecule has 192 valence electrons. The molecule has 0 spiro atoms. The Morgan fingerprint density at radius 2 is 1.95 bits per heavy atom. The Balaban J connectivity index is 1.73. The first kappa shape index (κ1) is 26.5. The van der Waals surface area contributed by atoms with Crippen LogP contribution in [0.2, 0.25) is 10.0 Å². The van der Waals surface area contributed by atoms with Crippen molar-refractivity contribution in [2.45, 2.75) is 6.92 Å². The van der Waals surface area contributed by atoms with Gasteiger partial charge < -0.3 is 16.3 Å². The number of nitrogens with two attached hydrogens (primary N) is 1. The van der Waals surface area contributed by atoms with E-state index in [0.29, 0.717) is 39.9 Å². The van der Waals surface area contributed by atoms with Gasteiger partial charge in [0.2, 0.25) is 0 Å². The van der Waals surface area contributed by atoms with E-state index < -0.39 is 5.97 Å². The summed E-state index contributed by atoms with van der Waals surface area (Å²) in [6, 6.07) is 14.4. The molecule has 0 radical (unpaired) electrons. The number of halogens is 2. The van der Waals surface area contributed by atoms with Gasteiger partial charge in [0.25, 0.3) is 5.91 Å². The smallest absolute Gasteiger partial charge is 0.337 e. The Hall–Kier alpha value is -4.61. The lowest BCUT2D eigenvalue weighted by Crippen LogP contribution is -2.23. The number of amides is 1. The van der Waals surface area contributed by atoms with E-state index >= 15 is 0 Å². The molecule has 4 aromatic rings. The molecular weight excluding hydrogens is 531 g/mol. The molecule has 0 unspecified atom stereocenters. The van der Waals surface area contributed by atoms with Crippen LogP contribution in [0.4, 0.5) is 5.69 Å². The number of rotatable bonds is 8. The zero-order chi connectivity index (χ0) is 27.2. The number of carbonyl (C=O) groups is 2. The molecule has 38 heavy (non-hydrogen) atoms. The Morgan fingerprint density at radius 3 is 2.63 bits per heavy atom. The number of carboxylic acid groups (broad SMARTS) is 1. The van der Waals surface area contributed by atoms with Gasteiger partial charge in [0.1, 0.15) is 11.4 Å². The van der Waals surface area contributed by atoms with Crippen molar-refractivity contribution in [3.05, 3.63) is 87.7 Å². The van der Waals surface area contributed by atoms with E-state index in [1.165, 1.54) is 23.0 Å². The van der Waals surface area contributed by atoms with Crippen molar-refractivity contribution in [1.82, 2.24) is 25.3 Å². The number of aromatic nitrogens is 4. The Labute approximate surface area is 226 Å². The quantitative estimate of drug-likeness (QED) is 0.168. The SMILES string of the molecule is CCNC(=O)c1cc(C(C=Nc2cccc(Cl)c2)=NN)nc(-c2cn(-c3ccc(C(=O)O)c(Cl)c3)nn2)c1. The first-order valence-electron chi connectivity index (χ1n) is 11.1. The number of hydrazone groups is 1. The van der Waals surface area contributed by atoms with Gasteiger partial charge in [-0.1, -0.05) is 34.5 Å². The van der Waals surface area contributed by atoms with Crippen LogP contribution in [0.15, 0.2) is 70.9 Å². The van der Waals surface area contributed by atoms with Crippen molar-refractivity contribution >= 4 is 52.7 Å². The largest absolute Gasteiger partial charge is 0.478 e. The number of nitrogens with one attached hydrogen (secondary N) is 1. The first-order chi connectivity index (χ1) is 18.3. The summed E-state index contributed by atoms with van der Waals surface area (Å²) >= 11 is 12.1. The molecule has 13 heteroatoms. The van der Waals surface area contributed by atoms with E-state index in [1.807, 2.05) is 0 Å². The van der Waals surface area contributed by atoms with Crippen LogP contribution in [0.25, 0.3) is 17.1 Å². The first-order valence-corrected chi connectivity index (χ1v) is 11.9. The molecule has 2 aromatic heterocycles. The number of benzene rings is 2. The van der Waals surface area contributed by atoms with Crippen LogP contribution in [-0.4, -0.2) is 55.4 Å². The fraction of sp³-hybridized carbons (Fsp3) is 0.0800. The van der Waals surface area contributed by atoms with E-state index in [1.54, 1.807) is 55.6 Å². The fourth-order valence-corrected chi connectivity index (χ4v) is 3.81. The van der Waals surface area contributed by atoms with E-state index in [9.17, 15) is 14.7 Å². The minimum absolute atomic E-state index is 0.0373. The lowest BCUT2D eigenvalue weighted by molar-refractivity contribution is 0.0696. The van der Waals surface area contributed by atoms with Crippen molar-refractivity contribution in [3.63, 3.8) is 0 Å². The molecule has 0 aliphatic carbocycles. The third-order valence-electron chi connectivity index (χ3n) is 5.17. The number of nitrogens with zero attached hydrogens (tertiary/aromatic N) is 6. The molecule has 0 aliphatic heterocycles. The maximum absolute atomic E-state index is 12.7. The summed E-state index contributed by atoms with van der Waals surface area (Å²) in [6.45, 7) is 2.22. The van der Waals surface area contributed by atoms with Crippen LogP contribution >= 0.6 is 23.2 Å². The molecule has 4 rings (SSSR count). The number of aliphatic imine (C=N–C) groups is 1. The molecule has 0 bridgehead atoms. The number of pyridine rings is 1. The van der Waals surface area contributed by atoms with Crippen LogP contribution < -0.4 is 11.2 Å². The third kappa shape index (κ3) is 6.02. The third-order valence-corrected chi connectivity index (χ3v) is 5.72. The zero-order valence-electron chi connectivity index (χ0n) is 19.8. The number of carbonyl (C=O) groups excluding carboxylic acids is 1. The number of hydrogen-bond acceptors (Lipinski definition) is 8. The molecule has 0 fully saturated rings. The molecule has 1 amide bonds. The predicted molar refractivity (Wildman–Crippen MR) is 145 cm³/mol.